The number of para-hydroxylation sites is 1. The predicted octanol–water partition coefficient (Wildman–Crippen LogP) is 2.90. The minimum Gasteiger partial charge on any atom is -0.497 e. The lowest BCUT2D eigenvalue weighted by atomic mass is 9.98. The van der Waals surface area contributed by atoms with E-state index >= 15 is 0 Å². The summed E-state index contributed by atoms with van der Waals surface area (Å²) < 4.78 is 5.29. The van der Waals surface area contributed by atoms with Crippen LogP contribution in [0.3, 0.4) is 0 Å². The van der Waals surface area contributed by atoms with Gasteiger partial charge >= 0.3 is 5.97 Å². The Bertz CT molecular complexity index is 977. The first-order chi connectivity index (χ1) is 13.0. The second kappa shape index (κ2) is 7.95. The van der Waals surface area contributed by atoms with Crippen LogP contribution >= 0.6 is 0 Å². The largest absolute Gasteiger partial charge is 0.497 e. The van der Waals surface area contributed by atoms with Crippen molar-refractivity contribution in [2.24, 2.45) is 0 Å². The van der Waals surface area contributed by atoms with Gasteiger partial charge in [-0.1, -0.05) is 30.3 Å². The third kappa shape index (κ3) is 4.28. The van der Waals surface area contributed by atoms with Gasteiger partial charge in [-0.05, 0) is 29.3 Å². The predicted molar refractivity (Wildman–Crippen MR) is 103 cm³/mol. The van der Waals surface area contributed by atoms with Gasteiger partial charge in [0.2, 0.25) is 5.91 Å². The Morgan fingerprint density at radius 1 is 1.19 bits per heavy atom. The summed E-state index contributed by atoms with van der Waals surface area (Å²) in [4.78, 5) is 26.4. The molecule has 3 rings (SSSR count). The van der Waals surface area contributed by atoms with Crippen LogP contribution < -0.4 is 10.1 Å². The van der Waals surface area contributed by atoms with E-state index in [1.165, 1.54) is 6.92 Å². The van der Waals surface area contributed by atoms with Crippen LogP contribution in [0.2, 0.25) is 0 Å². The molecule has 1 heterocycles. The molecule has 27 heavy (non-hydrogen) atoms. The van der Waals surface area contributed by atoms with Crippen LogP contribution in [0.25, 0.3) is 10.9 Å². The van der Waals surface area contributed by atoms with Gasteiger partial charge in [0, 0.05) is 36.4 Å². The molecule has 3 N–H and O–H groups in total. The van der Waals surface area contributed by atoms with Crippen molar-refractivity contribution in [3.8, 4) is 5.75 Å². The minimum absolute atomic E-state index is 0.207. The van der Waals surface area contributed by atoms with E-state index in [1.54, 1.807) is 7.11 Å². The molecule has 0 radical (unpaired) electrons. The zero-order chi connectivity index (χ0) is 19.4. The molecular formula is C21H22N2O4. The number of rotatable bonds is 7. The van der Waals surface area contributed by atoms with E-state index in [-0.39, 0.29) is 12.3 Å². The summed E-state index contributed by atoms with van der Waals surface area (Å²) in [6, 6.07) is 14.6. The second-order valence-corrected chi connectivity index (χ2v) is 6.45. The van der Waals surface area contributed by atoms with Gasteiger partial charge in [-0.2, -0.15) is 0 Å². The van der Waals surface area contributed by atoms with Gasteiger partial charge in [0.1, 0.15) is 11.8 Å². The Labute approximate surface area is 157 Å². The molecule has 0 spiro atoms. The third-order valence-electron chi connectivity index (χ3n) is 4.50. The number of nitrogens with one attached hydrogen (secondary N) is 2. The summed E-state index contributed by atoms with van der Waals surface area (Å²) in [5, 5.41) is 13.0. The Morgan fingerprint density at radius 3 is 2.67 bits per heavy atom. The van der Waals surface area contributed by atoms with Gasteiger partial charge in [0.05, 0.1) is 7.11 Å². The molecule has 1 atom stereocenters. The zero-order valence-corrected chi connectivity index (χ0v) is 15.3. The molecule has 6 heteroatoms. The number of H-pyrrole nitrogens is 1. The van der Waals surface area contributed by atoms with E-state index in [2.05, 4.69) is 10.3 Å². The highest BCUT2D eigenvalue weighted by atomic mass is 16.5. The number of amides is 1. The van der Waals surface area contributed by atoms with E-state index in [0.29, 0.717) is 6.42 Å². The molecule has 140 valence electrons. The number of ether oxygens (including phenoxy) is 1. The Hall–Kier alpha value is -3.28. The Balaban J connectivity index is 2.00. The number of aromatic amines is 1. The van der Waals surface area contributed by atoms with E-state index in [1.807, 2.05) is 48.5 Å². The number of hydrogen-bond donors (Lipinski definition) is 3. The summed E-state index contributed by atoms with van der Waals surface area (Å²) in [5.41, 5.74) is 3.82. The molecule has 0 saturated carbocycles. The van der Waals surface area contributed by atoms with Crippen molar-refractivity contribution in [1.29, 1.82) is 0 Å². The van der Waals surface area contributed by atoms with Crippen molar-refractivity contribution in [3.63, 3.8) is 0 Å². The van der Waals surface area contributed by atoms with Crippen molar-refractivity contribution < 1.29 is 19.4 Å². The molecule has 1 aromatic heterocycles. The maximum absolute atomic E-state index is 11.6. The van der Waals surface area contributed by atoms with Crippen LogP contribution in [0, 0.1) is 0 Å². The lowest BCUT2D eigenvalue weighted by Gasteiger charge is -2.14. The van der Waals surface area contributed by atoms with E-state index in [9.17, 15) is 14.7 Å². The monoisotopic (exact) mass is 366 g/mol. The van der Waals surface area contributed by atoms with Crippen LogP contribution in [-0.4, -0.2) is 35.1 Å². The van der Waals surface area contributed by atoms with Gasteiger partial charge in [-0.15, -0.1) is 0 Å². The van der Waals surface area contributed by atoms with Crippen LogP contribution in [0.15, 0.2) is 48.5 Å². The number of aromatic nitrogens is 1. The fraction of sp³-hybridized carbons (Fsp3) is 0.238. The summed E-state index contributed by atoms with van der Waals surface area (Å²) in [6.07, 6.45) is 0.811. The topological polar surface area (TPSA) is 91.4 Å². The molecule has 0 bridgehead atoms. The average Bonchev–Trinajstić information content (AvgIpc) is 2.98. The highest BCUT2D eigenvalue weighted by Gasteiger charge is 2.23. The first kappa shape index (κ1) is 18.5. The number of methoxy groups -OCH3 is 1. The number of carbonyl (C=O) groups excluding carboxylic acids is 1. The molecule has 0 aliphatic rings. The van der Waals surface area contributed by atoms with Crippen LogP contribution in [-0.2, 0) is 22.4 Å². The number of fused-ring (bicyclic) bond motifs is 1. The number of carbonyl (C=O) groups is 2. The maximum atomic E-state index is 11.6. The molecular weight excluding hydrogens is 344 g/mol. The maximum Gasteiger partial charge on any atom is 0.326 e. The van der Waals surface area contributed by atoms with Crippen molar-refractivity contribution in [2.75, 3.05) is 7.11 Å². The first-order valence-electron chi connectivity index (χ1n) is 8.69. The van der Waals surface area contributed by atoms with Crippen molar-refractivity contribution in [3.05, 3.63) is 65.4 Å². The Kier molecular flexibility index (Phi) is 5.45. The average molecular weight is 366 g/mol. The van der Waals surface area contributed by atoms with Gasteiger partial charge in [0.25, 0.3) is 0 Å². The van der Waals surface area contributed by atoms with E-state index < -0.39 is 12.0 Å². The third-order valence-corrected chi connectivity index (χ3v) is 4.50. The highest BCUT2D eigenvalue weighted by molar-refractivity contribution is 5.87. The molecule has 2 aromatic carbocycles. The van der Waals surface area contributed by atoms with Crippen molar-refractivity contribution in [1.82, 2.24) is 10.3 Å². The molecule has 6 nitrogen and oxygen atoms in total. The molecule has 1 unspecified atom stereocenters. The highest BCUT2D eigenvalue weighted by Crippen LogP contribution is 2.26. The molecule has 3 aromatic rings. The molecule has 0 saturated heterocycles. The normalized spacial score (nSPS) is 11.9. The van der Waals surface area contributed by atoms with Gasteiger partial charge in [-0.3, -0.25) is 4.79 Å². The van der Waals surface area contributed by atoms with Gasteiger partial charge in [0.15, 0.2) is 0 Å². The van der Waals surface area contributed by atoms with Crippen LogP contribution in [0.5, 0.6) is 5.75 Å². The van der Waals surface area contributed by atoms with Gasteiger partial charge in [-0.25, -0.2) is 4.79 Å². The first-order valence-corrected chi connectivity index (χ1v) is 8.69. The van der Waals surface area contributed by atoms with Gasteiger partial charge < -0.3 is 20.1 Å². The molecule has 0 aliphatic heterocycles. The molecule has 0 fully saturated rings. The van der Waals surface area contributed by atoms with E-state index in [4.69, 9.17) is 4.74 Å². The lowest BCUT2D eigenvalue weighted by molar-refractivity contribution is -0.141. The number of benzene rings is 2. The summed E-state index contributed by atoms with van der Waals surface area (Å²) in [5.74, 6) is -0.647. The van der Waals surface area contributed by atoms with Crippen molar-refractivity contribution in [2.45, 2.75) is 25.8 Å². The minimum atomic E-state index is -1.05. The van der Waals surface area contributed by atoms with E-state index in [0.717, 1.165) is 33.5 Å². The van der Waals surface area contributed by atoms with Crippen LogP contribution in [0.4, 0.5) is 0 Å². The van der Waals surface area contributed by atoms with Crippen LogP contribution in [0.1, 0.15) is 23.7 Å². The summed E-state index contributed by atoms with van der Waals surface area (Å²) in [7, 11) is 1.62. The quantitative estimate of drug-likeness (QED) is 0.600. The second-order valence-electron chi connectivity index (χ2n) is 6.45. The fourth-order valence-corrected chi connectivity index (χ4v) is 3.28. The Morgan fingerprint density at radius 2 is 1.96 bits per heavy atom. The fourth-order valence-electron chi connectivity index (χ4n) is 3.28. The zero-order valence-electron chi connectivity index (χ0n) is 15.3. The molecule has 1 amide bonds. The number of hydrogen-bond acceptors (Lipinski definition) is 3. The summed E-state index contributed by atoms with van der Waals surface area (Å²) >= 11 is 0. The summed E-state index contributed by atoms with van der Waals surface area (Å²) in [6.45, 7) is 1.32. The number of aliphatic carboxylic acids is 1. The van der Waals surface area contributed by atoms with Crippen molar-refractivity contribution >= 4 is 22.8 Å². The number of carboxylic acid groups (broad SMARTS) is 1. The number of carboxylic acids is 1. The SMILES string of the molecule is COc1cccc(Cc2[nH]c3ccccc3c2CC(NC(C)=O)C(=O)O)c1. The standard InChI is InChI=1S/C21H22N2O4/c1-13(24)22-20(21(25)26)12-17-16-8-3-4-9-18(16)23-19(17)11-14-6-5-7-15(10-14)27-2/h3-10,20,23H,11-12H2,1-2H3,(H,22,24)(H,25,26). The smallest absolute Gasteiger partial charge is 0.326 e. The molecule has 0 aliphatic carbocycles. The lowest BCUT2D eigenvalue weighted by Crippen LogP contribution is -2.41.